The first kappa shape index (κ1) is 28.8. The second-order valence-electron chi connectivity index (χ2n) is 13.4. The lowest BCUT2D eigenvalue weighted by Crippen LogP contribution is -2.23. The number of benzene rings is 8. The fourth-order valence-electron chi connectivity index (χ4n) is 8.41. The summed E-state index contributed by atoms with van der Waals surface area (Å²) in [4.78, 5) is 4.78. The molecule has 0 spiro atoms. The van der Waals surface area contributed by atoms with Crippen LogP contribution in [-0.2, 0) is 0 Å². The maximum Gasteiger partial charge on any atom is 0.0703 e. The van der Waals surface area contributed by atoms with Gasteiger partial charge in [-0.05, 0) is 91.0 Å². The lowest BCUT2D eigenvalue weighted by atomic mass is 10.0. The van der Waals surface area contributed by atoms with E-state index in [2.05, 4.69) is 213 Å². The minimum atomic E-state index is 1.11. The fraction of sp³-hybridized carbons (Fsp3) is 0. The summed E-state index contributed by atoms with van der Waals surface area (Å²) in [6.07, 6.45) is 0. The van der Waals surface area contributed by atoms with Gasteiger partial charge in [0.05, 0.1) is 44.8 Å². The zero-order valence-corrected chi connectivity index (χ0v) is 28.3. The Morgan fingerprint density at radius 2 is 0.635 bits per heavy atom. The van der Waals surface area contributed by atoms with Gasteiger partial charge in [0.25, 0.3) is 0 Å². The zero-order chi connectivity index (χ0) is 34.2. The highest BCUT2D eigenvalue weighted by atomic mass is 15.3. The molecule has 0 aliphatic carbocycles. The Morgan fingerprint density at radius 1 is 0.231 bits per heavy atom. The Labute approximate surface area is 301 Å². The average molecular weight is 665 g/mol. The van der Waals surface area contributed by atoms with E-state index >= 15 is 0 Å². The van der Waals surface area contributed by atoms with Crippen LogP contribution in [0.25, 0.3) is 55.0 Å². The van der Waals surface area contributed by atoms with Crippen LogP contribution < -0.4 is 9.80 Å². The molecule has 0 fully saturated rings. The largest absolute Gasteiger partial charge is 0.309 e. The summed E-state index contributed by atoms with van der Waals surface area (Å²) in [5.41, 5.74) is 13.9. The highest BCUT2D eigenvalue weighted by molar-refractivity contribution is 6.19. The van der Waals surface area contributed by atoms with E-state index in [1.54, 1.807) is 0 Å². The van der Waals surface area contributed by atoms with Gasteiger partial charge in [-0.2, -0.15) is 0 Å². The van der Waals surface area contributed by atoms with E-state index in [1.165, 1.54) is 43.6 Å². The summed E-state index contributed by atoms with van der Waals surface area (Å²) in [6, 6.07) is 70.2. The Hall–Kier alpha value is -7.04. The van der Waals surface area contributed by atoms with Crippen molar-refractivity contribution < 1.29 is 0 Å². The number of hydrogen-bond acceptors (Lipinski definition) is 2. The van der Waals surface area contributed by atoms with Crippen LogP contribution in [-0.4, -0.2) is 9.13 Å². The number of fused-ring (bicyclic) bond motifs is 8. The molecule has 4 nitrogen and oxygen atoms in total. The zero-order valence-electron chi connectivity index (χ0n) is 28.3. The number of rotatable bonds is 4. The molecule has 52 heavy (non-hydrogen) atoms. The summed E-state index contributed by atoms with van der Waals surface area (Å²) in [5.74, 6) is 0. The predicted octanol–water partition coefficient (Wildman–Crippen LogP) is 13.1. The van der Waals surface area contributed by atoms with Crippen molar-refractivity contribution in [3.05, 3.63) is 194 Å². The number of anilines is 6. The van der Waals surface area contributed by atoms with Gasteiger partial charge >= 0.3 is 0 Å². The van der Waals surface area contributed by atoms with E-state index in [0.717, 1.165) is 45.5 Å². The molecule has 4 heteroatoms. The first-order valence-electron chi connectivity index (χ1n) is 17.8. The van der Waals surface area contributed by atoms with Gasteiger partial charge in [-0.1, -0.05) is 103 Å². The van der Waals surface area contributed by atoms with E-state index in [4.69, 9.17) is 0 Å². The number of para-hydroxylation sites is 8. The maximum atomic E-state index is 2.44. The van der Waals surface area contributed by atoms with Crippen LogP contribution in [0.1, 0.15) is 0 Å². The lowest BCUT2D eigenvalue weighted by molar-refractivity contribution is 1.14. The Morgan fingerprint density at radius 3 is 1.19 bits per heavy atom. The summed E-state index contributed by atoms with van der Waals surface area (Å²) in [6.45, 7) is 0. The number of aromatic nitrogens is 2. The van der Waals surface area contributed by atoms with Gasteiger partial charge in [-0.15, -0.1) is 0 Å². The second kappa shape index (κ2) is 11.2. The minimum absolute atomic E-state index is 1.11. The molecule has 11 rings (SSSR count). The first-order chi connectivity index (χ1) is 25.8. The normalized spacial score (nSPS) is 12.5. The van der Waals surface area contributed by atoms with Gasteiger partial charge in [0, 0.05) is 44.3 Å². The van der Waals surface area contributed by atoms with E-state index in [-0.39, 0.29) is 0 Å². The van der Waals surface area contributed by atoms with E-state index < -0.39 is 0 Å². The maximum absolute atomic E-state index is 2.44. The van der Waals surface area contributed by atoms with E-state index in [9.17, 15) is 0 Å². The highest BCUT2D eigenvalue weighted by Gasteiger charge is 2.30. The number of nitrogens with zero attached hydrogens (tertiary/aromatic N) is 4. The Bertz CT molecular complexity index is 2930. The molecule has 0 unspecified atom stereocenters. The van der Waals surface area contributed by atoms with E-state index in [1.807, 2.05) is 0 Å². The summed E-state index contributed by atoms with van der Waals surface area (Å²) in [7, 11) is 0. The van der Waals surface area contributed by atoms with Crippen molar-refractivity contribution in [1.29, 1.82) is 0 Å². The van der Waals surface area contributed by atoms with Crippen molar-refractivity contribution in [3.63, 3.8) is 0 Å². The van der Waals surface area contributed by atoms with Crippen molar-refractivity contribution in [2.45, 2.75) is 0 Å². The van der Waals surface area contributed by atoms with Gasteiger partial charge in [0.15, 0.2) is 0 Å². The van der Waals surface area contributed by atoms with Crippen LogP contribution in [0.15, 0.2) is 194 Å². The SMILES string of the molecule is c1ccc(N2c3ccccc3N(c3cccc(-n4c5ccccc5c5cc6c7ccccc7n(-c7ccccc7)c6cc54)c3)c3ccccc32)cc1. The summed E-state index contributed by atoms with van der Waals surface area (Å²) < 4.78 is 4.85. The summed E-state index contributed by atoms with van der Waals surface area (Å²) in [5, 5.41) is 5.01. The van der Waals surface area contributed by atoms with E-state index in [0.29, 0.717) is 0 Å². The molecule has 0 bridgehead atoms. The molecule has 1 aliphatic rings. The standard InChI is InChI=1S/C48H32N4/c1-3-16-33(17-4-1)49-41-24-9-7-22-37(41)39-31-40-38-23-8-10-25-42(38)51(48(40)32-47(39)49)35-20-15-21-36(30-35)52-45-28-13-11-26-43(45)50(34-18-5-2-6-19-34)44-27-12-14-29-46(44)52/h1-32H. The predicted molar refractivity (Wildman–Crippen MR) is 218 cm³/mol. The molecule has 3 heterocycles. The molecule has 1 aliphatic heterocycles. The Balaban J connectivity index is 1.16. The molecule has 0 N–H and O–H groups in total. The molecule has 10 aromatic rings. The molecular formula is C48H32N4. The van der Waals surface area contributed by atoms with Gasteiger partial charge in [-0.3, -0.25) is 0 Å². The smallest absolute Gasteiger partial charge is 0.0703 e. The van der Waals surface area contributed by atoms with Gasteiger partial charge < -0.3 is 18.9 Å². The topological polar surface area (TPSA) is 16.3 Å². The van der Waals surface area contributed by atoms with Crippen LogP contribution in [0, 0.1) is 0 Å². The van der Waals surface area contributed by atoms with Crippen molar-refractivity contribution in [3.8, 4) is 11.4 Å². The average Bonchev–Trinajstić information content (AvgIpc) is 3.71. The molecule has 244 valence electrons. The molecule has 8 aromatic carbocycles. The molecule has 0 saturated heterocycles. The third-order valence-electron chi connectivity index (χ3n) is 10.6. The lowest BCUT2D eigenvalue weighted by Gasteiger charge is -2.40. The van der Waals surface area contributed by atoms with Crippen molar-refractivity contribution in [1.82, 2.24) is 9.13 Å². The van der Waals surface area contributed by atoms with Crippen LogP contribution in [0.3, 0.4) is 0 Å². The van der Waals surface area contributed by atoms with Gasteiger partial charge in [0.1, 0.15) is 0 Å². The van der Waals surface area contributed by atoms with Crippen LogP contribution in [0.2, 0.25) is 0 Å². The molecule has 0 atom stereocenters. The number of hydrogen-bond donors (Lipinski definition) is 0. The Kier molecular flexibility index (Phi) is 6.22. The van der Waals surface area contributed by atoms with Gasteiger partial charge in [-0.25, -0.2) is 0 Å². The van der Waals surface area contributed by atoms with Crippen molar-refractivity contribution in [2.24, 2.45) is 0 Å². The molecule has 0 amide bonds. The molecule has 0 saturated carbocycles. The second-order valence-corrected chi connectivity index (χ2v) is 13.4. The van der Waals surface area contributed by atoms with Crippen LogP contribution in [0.5, 0.6) is 0 Å². The highest BCUT2D eigenvalue weighted by Crippen LogP contribution is 2.54. The van der Waals surface area contributed by atoms with Crippen molar-refractivity contribution >= 4 is 77.7 Å². The monoisotopic (exact) mass is 664 g/mol. The van der Waals surface area contributed by atoms with Gasteiger partial charge in [0.2, 0.25) is 0 Å². The van der Waals surface area contributed by atoms with Crippen LogP contribution in [0.4, 0.5) is 34.1 Å². The quantitative estimate of drug-likeness (QED) is 0.186. The first-order valence-corrected chi connectivity index (χ1v) is 17.8. The molecule has 2 aromatic heterocycles. The van der Waals surface area contributed by atoms with Crippen molar-refractivity contribution in [2.75, 3.05) is 9.80 Å². The third kappa shape index (κ3) is 4.15. The fourth-order valence-corrected chi connectivity index (χ4v) is 8.41. The third-order valence-corrected chi connectivity index (χ3v) is 10.6. The molecular weight excluding hydrogens is 633 g/mol. The molecule has 0 radical (unpaired) electrons. The minimum Gasteiger partial charge on any atom is -0.309 e. The van der Waals surface area contributed by atoms with Crippen LogP contribution >= 0.6 is 0 Å². The summed E-state index contributed by atoms with van der Waals surface area (Å²) >= 11 is 0.